The van der Waals surface area contributed by atoms with E-state index >= 15 is 0 Å². The maximum atomic E-state index is 4.71. The third-order valence-electron chi connectivity index (χ3n) is 5.35. The van der Waals surface area contributed by atoms with Crippen molar-refractivity contribution in [1.29, 1.82) is 0 Å². The molecule has 3 aromatic rings. The Labute approximate surface area is 154 Å². The molecule has 1 saturated carbocycles. The fourth-order valence-corrected chi connectivity index (χ4v) is 3.50. The van der Waals surface area contributed by atoms with Crippen LogP contribution >= 0.6 is 0 Å². The van der Waals surface area contributed by atoms with Gasteiger partial charge in [0.2, 0.25) is 0 Å². The van der Waals surface area contributed by atoms with Gasteiger partial charge in [0, 0.05) is 26.1 Å². The summed E-state index contributed by atoms with van der Waals surface area (Å²) in [5, 5.41) is 6.89. The van der Waals surface area contributed by atoms with E-state index < -0.39 is 0 Å². The summed E-state index contributed by atoms with van der Waals surface area (Å²) in [5.41, 5.74) is 3.85. The van der Waals surface area contributed by atoms with Crippen LogP contribution in [0, 0.1) is 0 Å². The van der Waals surface area contributed by atoms with Gasteiger partial charge in [0.15, 0.2) is 5.96 Å². The molecule has 5 heteroatoms. The zero-order chi connectivity index (χ0) is 18.0. The van der Waals surface area contributed by atoms with Crippen LogP contribution in [-0.4, -0.2) is 29.1 Å². The number of hydrogen-bond donors (Lipinski definition) is 2. The molecule has 0 saturated heterocycles. The van der Waals surface area contributed by atoms with Crippen LogP contribution in [0.25, 0.3) is 11.0 Å². The number of benzene rings is 2. The molecular formula is C21H25N5. The quantitative estimate of drug-likeness (QED) is 0.551. The predicted octanol–water partition coefficient (Wildman–Crippen LogP) is 2.97. The number of rotatable bonds is 5. The zero-order valence-electron chi connectivity index (χ0n) is 15.4. The number of fused-ring (bicyclic) bond motifs is 1. The molecule has 1 fully saturated rings. The molecule has 1 heterocycles. The van der Waals surface area contributed by atoms with Gasteiger partial charge in [-0.1, -0.05) is 42.5 Å². The fourth-order valence-electron chi connectivity index (χ4n) is 3.50. The van der Waals surface area contributed by atoms with Crippen LogP contribution in [0.2, 0.25) is 0 Å². The molecule has 0 radical (unpaired) electrons. The Morgan fingerprint density at radius 1 is 1.08 bits per heavy atom. The van der Waals surface area contributed by atoms with E-state index in [0.717, 1.165) is 29.4 Å². The third kappa shape index (κ3) is 3.17. The van der Waals surface area contributed by atoms with E-state index in [1.807, 2.05) is 25.2 Å². The first-order chi connectivity index (χ1) is 12.7. The van der Waals surface area contributed by atoms with E-state index in [2.05, 4.69) is 63.6 Å². The van der Waals surface area contributed by atoms with Crippen LogP contribution in [0.3, 0.4) is 0 Å². The molecule has 134 valence electrons. The van der Waals surface area contributed by atoms with E-state index in [4.69, 9.17) is 4.98 Å². The molecule has 1 aliphatic carbocycles. The van der Waals surface area contributed by atoms with E-state index in [9.17, 15) is 0 Å². The van der Waals surface area contributed by atoms with Crippen LogP contribution in [-0.2, 0) is 19.0 Å². The van der Waals surface area contributed by atoms with Gasteiger partial charge >= 0.3 is 0 Å². The minimum absolute atomic E-state index is 0.261. The summed E-state index contributed by atoms with van der Waals surface area (Å²) in [7, 11) is 3.86. The van der Waals surface area contributed by atoms with Gasteiger partial charge in [-0.15, -0.1) is 0 Å². The second kappa shape index (κ2) is 6.83. The molecule has 26 heavy (non-hydrogen) atoms. The average molecular weight is 347 g/mol. The molecule has 5 nitrogen and oxygen atoms in total. The van der Waals surface area contributed by atoms with Crippen molar-refractivity contribution in [2.75, 3.05) is 13.6 Å². The number of guanidine groups is 1. The van der Waals surface area contributed by atoms with Gasteiger partial charge in [0.25, 0.3) is 0 Å². The summed E-state index contributed by atoms with van der Waals surface area (Å²) in [6, 6.07) is 19.0. The smallest absolute Gasteiger partial charge is 0.191 e. The number of aliphatic imine (C=N–C) groups is 1. The van der Waals surface area contributed by atoms with E-state index in [-0.39, 0.29) is 5.41 Å². The predicted molar refractivity (Wildman–Crippen MR) is 106 cm³/mol. The molecule has 0 unspecified atom stereocenters. The largest absolute Gasteiger partial charge is 0.356 e. The van der Waals surface area contributed by atoms with Crippen molar-refractivity contribution < 1.29 is 0 Å². The number of aromatic nitrogens is 2. The number of hydrogen-bond acceptors (Lipinski definition) is 2. The second-order valence-corrected chi connectivity index (χ2v) is 7.00. The van der Waals surface area contributed by atoms with Gasteiger partial charge in [-0.05, 0) is 30.5 Å². The highest BCUT2D eigenvalue weighted by atomic mass is 15.2. The summed E-state index contributed by atoms with van der Waals surface area (Å²) in [6.07, 6.45) is 2.46. The Hall–Kier alpha value is -2.82. The average Bonchev–Trinajstić information content (AvgIpc) is 3.42. The summed E-state index contributed by atoms with van der Waals surface area (Å²) in [6.45, 7) is 1.54. The van der Waals surface area contributed by atoms with Crippen LogP contribution in [0.15, 0.2) is 59.6 Å². The number of nitrogens with zero attached hydrogens (tertiary/aromatic N) is 3. The maximum Gasteiger partial charge on any atom is 0.191 e. The first-order valence-electron chi connectivity index (χ1n) is 9.12. The van der Waals surface area contributed by atoms with Crippen LogP contribution < -0.4 is 10.6 Å². The lowest BCUT2D eigenvalue weighted by atomic mass is 9.96. The number of aryl methyl sites for hydroxylation is 1. The molecule has 0 aliphatic heterocycles. The number of imidazole rings is 1. The molecule has 0 amide bonds. The summed E-state index contributed by atoms with van der Waals surface area (Å²) >= 11 is 0. The molecule has 4 rings (SSSR count). The normalized spacial score (nSPS) is 15.8. The Balaban J connectivity index is 1.39. The molecule has 0 bridgehead atoms. The topological polar surface area (TPSA) is 54.2 Å². The van der Waals surface area contributed by atoms with Gasteiger partial charge in [0.05, 0.1) is 17.6 Å². The van der Waals surface area contributed by atoms with Crippen molar-refractivity contribution in [1.82, 2.24) is 20.2 Å². The first-order valence-corrected chi connectivity index (χ1v) is 9.12. The van der Waals surface area contributed by atoms with Crippen molar-refractivity contribution in [3.05, 3.63) is 66.0 Å². The highest BCUT2D eigenvalue weighted by molar-refractivity contribution is 5.80. The molecule has 1 aromatic heterocycles. The molecule has 2 N–H and O–H groups in total. The first kappa shape index (κ1) is 16.6. The monoisotopic (exact) mass is 347 g/mol. The van der Waals surface area contributed by atoms with Gasteiger partial charge in [-0.25, -0.2) is 4.98 Å². The van der Waals surface area contributed by atoms with E-state index in [0.29, 0.717) is 6.54 Å². The van der Waals surface area contributed by atoms with Crippen molar-refractivity contribution in [3.63, 3.8) is 0 Å². The van der Waals surface area contributed by atoms with Crippen LogP contribution in [0.4, 0.5) is 0 Å². The second-order valence-electron chi connectivity index (χ2n) is 7.00. The van der Waals surface area contributed by atoms with Gasteiger partial charge < -0.3 is 15.2 Å². The Morgan fingerprint density at radius 3 is 2.50 bits per heavy atom. The third-order valence-corrected chi connectivity index (χ3v) is 5.35. The SMILES string of the molecule is CN=C(NCc1nc2ccccc2n1C)NCC1(c2ccccc2)CC1. The maximum absolute atomic E-state index is 4.71. The summed E-state index contributed by atoms with van der Waals surface area (Å²) < 4.78 is 2.13. The van der Waals surface area contributed by atoms with E-state index in [1.165, 1.54) is 18.4 Å². The van der Waals surface area contributed by atoms with E-state index in [1.54, 1.807) is 0 Å². The van der Waals surface area contributed by atoms with Crippen molar-refractivity contribution in [2.24, 2.45) is 12.0 Å². The van der Waals surface area contributed by atoms with Crippen LogP contribution in [0.5, 0.6) is 0 Å². The van der Waals surface area contributed by atoms with Crippen molar-refractivity contribution in [3.8, 4) is 0 Å². The Kier molecular flexibility index (Phi) is 4.37. The zero-order valence-corrected chi connectivity index (χ0v) is 15.4. The van der Waals surface area contributed by atoms with Crippen LogP contribution in [0.1, 0.15) is 24.2 Å². The van der Waals surface area contributed by atoms with Gasteiger partial charge in [0.1, 0.15) is 5.82 Å². The molecule has 0 atom stereocenters. The van der Waals surface area contributed by atoms with Crippen molar-refractivity contribution >= 4 is 17.0 Å². The van der Waals surface area contributed by atoms with Gasteiger partial charge in [-0.2, -0.15) is 0 Å². The molecule has 2 aromatic carbocycles. The minimum atomic E-state index is 0.261. The lowest BCUT2D eigenvalue weighted by molar-refractivity contribution is 0.641. The Morgan fingerprint density at radius 2 is 1.81 bits per heavy atom. The molecule has 0 spiro atoms. The highest BCUT2D eigenvalue weighted by Crippen LogP contribution is 2.47. The lowest BCUT2D eigenvalue weighted by Crippen LogP contribution is -2.41. The fraction of sp³-hybridized carbons (Fsp3) is 0.333. The summed E-state index contributed by atoms with van der Waals surface area (Å²) in [4.78, 5) is 9.07. The minimum Gasteiger partial charge on any atom is -0.356 e. The number of para-hydroxylation sites is 2. The van der Waals surface area contributed by atoms with Gasteiger partial charge in [-0.3, -0.25) is 4.99 Å². The lowest BCUT2D eigenvalue weighted by Gasteiger charge is -2.19. The Bertz CT molecular complexity index is 922. The van der Waals surface area contributed by atoms with Crippen molar-refractivity contribution in [2.45, 2.75) is 24.8 Å². The molecular weight excluding hydrogens is 322 g/mol. The molecule has 1 aliphatic rings. The summed E-state index contributed by atoms with van der Waals surface area (Å²) in [5.74, 6) is 1.82. The number of nitrogens with one attached hydrogen (secondary N) is 2. The highest BCUT2D eigenvalue weighted by Gasteiger charge is 2.43. The standard InChI is InChI=1S/C21H25N5/c1-22-20(24-15-21(12-13-21)16-8-4-3-5-9-16)23-14-19-25-17-10-6-7-11-18(17)26(19)2/h3-11H,12-15H2,1-2H3,(H2,22,23,24).